The fraction of sp³-hybridized carbons (Fsp3) is 0.417. The molecule has 0 fully saturated rings. The van der Waals surface area contributed by atoms with Crippen molar-refractivity contribution >= 4 is 0 Å². The molecule has 2 heterocycles. The van der Waals surface area contributed by atoms with Crippen LogP contribution in [0.5, 0.6) is 0 Å². The van der Waals surface area contributed by atoms with Crippen LogP contribution in [0.1, 0.15) is 17.1 Å². The zero-order valence-electron chi connectivity index (χ0n) is 9.45. The van der Waals surface area contributed by atoms with E-state index in [4.69, 9.17) is 5.73 Å². The van der Waals surface area contributed by atoms with Gasteiger partial charge >= 0.3 is 0 Å². The first kappa shape index (κ1) is 9.66. The summed E-state index contributed by atoms with van der Waals surface area (Å²) in [5.74, 6) is 1.02. The van der Waals surface area contributed by atoms with Crippen LogP contribution in [0.4, 0.5) is 0 Å². The molecular weight excluding hydrogens is 200 g/mol. The van der Waals surface area contributed by atoms with Crippen molar-refractivity contribution in [3.8, 4) is 11.3 Å². The van der Waals surface area contributed by atoms with Crippen molar-refractivity contribution < 1.29 is 0 Å². The number of fused-ring (bicyclic) bond motifs is 3. The maximum atomic E-state index is 5.55. The number of aryl methyl sites for hydroxylation is 3. The SMILES string of the molecule is Cn1cc2c(c1)-c1nc(CCN)[nH]c1CC2. The number of nitrogens with two attached hydrogens (primary N) is 1. The minimum Gasteiger partial charge on any atom is -0.356 e. The highest BCUT2D eigenvalue weighted by atomic mass is 15.0. The van der Waals surface area contributed by atoms with E-state index in [2.05, 4.69) is 34.0 Å². The summed E-state index contributed by atoms with van der Waals surface area (Å²) in [7, 11) is 2.06. The van der Waals surface area contributed by atoms with Gasteiger partial charge in [-0.15, -0.1) is 0 Å². The van der Waals surface area contributed by atoms with E-state index in [0.29, 0.717) is 6.54 Å². The molecule has 0 radical (unpaired) electrons. The Labute approximate surface area is 94.5 Å². The standard InChI is InChI=1S/C12H16N4/c1-16-6-8-2-3-10-12(9(8)7-16)15-11(14-10)4-5-13/h6-7H,2-5,13H2,1H3,(H,14,15). The number of nitrogens with one attached hydrogen (secondary N) is 1. The van der Waals surface area contributed by atoms with Gasteiger partial charge in [0.2, 0.25) is 0 Å². The van der Waals surface area contributed by atoms with E-state index in [1.807, 2.05) is 0 Å². The first-order valence-corrected chi connectivity index (χ1v) is 5.71. The summed E-state index contributed by atoms with van der Waals surface area (Å²) in [5.41, 5.74) is 10.6. The Morgan fingerprint density at radius 2 is 2.31 bits per heavy atom. The van der Waals surface area contributed by atoms with E-state index in [1.165, 1.54) is 16.8 Å². The van der Waals surface area contributed by atoms with Gasteiger partial charge in [0.15, 0.2) is 0 Å². The van der Waals surface area contributed by atoms with Gasteiger partial charge in [-0.05, 0) is 24.9 Å². The first-order valence-electron chi connectivity index (χ1n) is 5.71. The Kier molecular flexibility index (Phi) is 2.11. The van der Waals surface area contributed by atoms with Gasteiger partial charge in [0, 0.05) is 37.1 Å². The van der Waals surface area contributed by atoms with Crippen LogP contribution in [-0.4, -0.2) is 21.1 Å². The molecule has 1 aliphatic carbocycles. The van der Waals surface area contributed by atoms with Crippen molar-refractivity contribution in [3.63, 3.8) is 0 Å². The number of hydrogen-bond donors (Lipinski definition) is 2. The van der Waals surface area contributed by atoms with E-state index in [9.17, 15) is 0 Å². The summed E-state index contributed by atoms with van der Waals surface area (Å²) in [6, 6.07) is 0. The molecule has 0 spiro atoms. The van der Waals surface area contributed by atoms with Gasteiger partial charge in [-0.3, -0.25) is 0 Å². The van der Waals surface area contributed by atoms with E-state index in [-0.39, 0.29) is 0 Å². The van der Waals surface area contributed by atoms with Gasteiger partial charge in [0.1, 0.15) is 5.82 Å². The predicted molar refractivity (Wildman–Crippen MR) is 63.2 cm³/mol. The number of aromatic nitrogens is 3. The maximum Gasteiger partial charge on any atom is 0.108 e. The Morgan fingerprint density at radius 1 is 1.44 bits per heavy atom. The number of hydrogen-bond acceptors (Lipinski definition) is 2. The molecule has 4 nitrogen and oxygen atoms in total. The highest BCUT2D eigenvalue weighted by molar-refractivity contribution is 5.68. The molecule has 0 aromatic carbocycles. The third-order valence-corrected chi connectivity index (χ3v) is 3.15. The fourth-order valence-corrected chi connectivity index (χ4v) is 2.43. The van der Waals surface area contributed by atoms with Crippen LogP contribution in [0, 0.1) is 0 Å². The molecule has 84 valence electrons. The maximum absolute atomic E-state index is 5.55. The number of H-pyrrole nitrogens is 1. The highest BCUT2D eigenvalue weighted by Gasteiger charge is 2.21. The number of aromatic amines is 1. The summed E-state index contributed by atoms with van der Waals surface area (Å²) in [5, 5.41) is 0. The van der Waals surface area contributed by atoms with Crippen LogP contribution in [-0.2, 0) is 26.3 Å². The van der Waals surface area contributed by atoms with E-state index in [0.717, 1.165) is 30.8 Å². The van der Waals surface area contributed by atoms with Crippen molar-refractivity contribution in [3.05, 3.63) is 29.5 Å². The molecule has 1 aliphatic rings. The smallest absolute Gasteiger partial charge is 0.108 e. The van der Waals surface area contributed by atoms with Crippen LogP contribution in [0.2, 0.25) is 0 Å². The largest absolute Gasteiger partial charge is 0.356 e. The van der Waals surface area contributed by atoms with Crippen LogP contribution < -0.4 is 5.73 Å². The molecule has 3 rings (SSSR count). The molecule has 2 aromatic rings. The molecular formula is C12H16N4. The molecule has 0 saturated heterocycles. The molecule has 0 bridgehead atoms. The summed E-state index contributed by atoms with van der Waals surface area (Å²) < 4.78 is 2.11. The normalized spacial score (nSPS) is 13.6. The molecule has 0 aliphatic heterocycles. The van der Waals surface area contributed by atoms with E-state index in [1.54, 1.807) is 0 Å². The lowest BCUT2D eigenvalue weighted by Gasteiger charge is -2.09. The number of imidazole rings is 1. The highest BCUT2D eigenvalue weighted by Crippen LogP contribution is 2.32. The molecule has 0 unspecified atom stereocenters. The quantitative estimate of drug-likeness (QED) is 0.787. The van der Waals surface area contributed by atoms with Crippen LogP contribution >= 0.6 is 0 Å². The molecule has 0 atom stereocenters. The minimum absolute atomic E-state index is 0.647. The third-order valence-electron chi connectivity index (χ3n) is 3.15. The summed E-state index contributed by atoms with van der Waals surface area (Å²) in [6.45, 7) is 0.647. The lowest BCUT2D eigenvalue weighted by molar-refractivity contribution is 0.864. The van der Waals surface area contributed by atoms with E-state index < -0.39 is 0 Å². The monoisotopic (exact) mass is 216 g/mol. The molecule has 4 heteroatoms. The molecule has 2 aromatic heterocycles. The van der Waals surface area contributed by atoms with Gasteiger partial charge in [-0.2, -0.15) is 0 Å². The van der Waals surface area contributed by atoms with Crippen molar-refractivity contribution in [2.45, 2.75) is 19.3 Å². The third kappa shape index (κ3) is 1.38. The zero-order chi connectivity index (χ0) is 11.1. The second-order valence-electron chi connectivity index (χ2n) is 4.41. The Bertz CT molecular complexity index is 521. The van der Waals surface area contributed by atoms with E-state index >= 15 is 0 Å². The fourth-order valence-electron chi connectivity index (χ4n) is 2.43. The summed E-state index contributed by atoms with van der Waals surface area (Å²) in [6.07, 6.45) is 7.34. The van der Waals surface area contributed by atoms with Crippen molar-refractivity contribution in [2.24, 2.45) is 12.8 Å². The topological polar surface area (TPSA) is 59.6 Å². The Morgan fingerprint density at radius 3 is 3.12 bits per heavy atom. The lowest BCUT2D eigenvalue weighted by Crippen LogP contribution is -2.04. The number of nitrogens with zero attached hydrogens (tertiary/aromatic N) is 2. The van der Waals surface area contributed by atoms with Gasteiger partial charge in [0.25, 0.3) is 0 Å². The summed E-state index contributed by atoms with van der Waals surface area (Å²) >= 11 is 0. The molecule has 3 N–H and O–H groups in total. The van der Waals surface area contributed by atoms with Crippen LogP contribution in [0.15, 0.2) is 12.4 Å². The summed E-state index contributed by atoms with van der Waals surface area (Å²) in [4.78, 5) is 8.03. The van der Waals surface area contributed by atoms with Crippen molar-refractivity contribution in [1.82, 2.24) is 14.5 Å². The lowest BCUT2D eigenvalue weighted by atomic mass is 9.97. The van der Waals surface area contributed by atoms with Crippen molar-refractivity contribution in [2.75, 3.05) is 6.54 Å². The average molecular weight is 216 g/mol. The molecule has 16 heavy (non-hydrogen) atoms. The second-order valence-corrected chi connectivity index (χ2v) is 4.41. The van der Waals surface area contributed by atoms with Crippen LogP contribution in [0.3, 0.4) is 0 Å². The van der Waals surface area contributed by atoms with Crippen molar-refractivity contribution in [1.29, 1.82) is 0 Å². The second kappa shape index (κ2) is 3.49. The Hall–Kier alpha value is -1.55. The van der Waals surface area contributed by atoms with Gasteiger partial charge in [-0.1, -0.05) is 0 Å². The average Bonchev–Trinajstić information content (AvgIpc) is 2.79. The zero-order valence-corrected chi connectivity index (χ0v) is 9.45. The predicted octanol–water partition coefficient (Wildman–Crippen LogP) is 1.02. The van der Waals surface area contributed by atoms with Crippen LogP contribution in [0.25, 0.3) is 11.3 Å². The van der Waals surface area contributed by atoms with Gasteiger partial charge < -0.3 is 15.3 Å². The molecule has 0 amide bonds. The minimum atomic E-state index is 0.647. The van der Waals surface area contributed by atoms with Gasteiger partial charge in [-0.25, -0.2) is 4.98 Å². The molecule has 0 saturated carbocycles. The first-order chi connectivity index (χ1) is 7.78. The van der Waals surface area contributed by atoms with Gasteiger partial charge in [0.05, 0.1) is 5.69 Å². The number of rotatable bonds is 2. The Balaban J connectivity index is 2.09.